The van der Waals surface area contributed by atoms with E-state index in [0.717, 1.165) is 31.4 Å². The zero-order valence-electron chi connectivity index (χ0n) is 11.8. The van der Waals surface area contributed by atoms with E-state index in [2.05, 4.69) is 10.6 Å². The van der Waals surface area contributed by atoms with Crippen molar-refractivity contribution in [2.24, 2.45) is 0 Å². The Hall–Kier alpha value is -1.75. The monoisotopic (exact) mass is 278 g/mol. The van der Waals surface area contributed by atoms with Crippen molar-refractivity contribution in [3.63, 3.8) is 0 Å². The van der Waals surface area contributed by atoms with Crippen LogP contribution in [0, 0.1) is 0 Å². The maximum Gasteiger partial charge on any atom is 0.319 e. The molecule has 110 valence electrons. The molecule has 5 nitrogen and oxygen atoms in total. The van der Waals surface area contributed by atoms with Crippen molar-refractivity contribution in [3.05, 3.63) is 24.3 Å². The van der Waals surface area contributed by atoms with Gasteiger partial charge in [0.2, 0.25) is 0 Å². The van der Waals surface area contributed by atoms with Gasteiger partial charge in [0.05, 0.1) is 12.7 Å². The Bertz CT molecular complexity index is 439. The van der Waals surface area contributed by atoms with Crippen molar-refractivity contribution in [2.45, 2.75) is 37.7 Å². The first-order valence-corrected chi connectivity index (χ1v) is 7.03. The quantitative estimate of drug-likeness (QED) is 0.792. The van der Waals surface area contributed by atoms with Gasteiger partial charge in [-0.3, -0.25) is 0 Å². The fourth-order valence-corrected chi connectivity index (χ4v) is 2.48. The van der Waals surface area contributed by atoms with E-state index in [1.807, 2.05) is 0 Å². The minimum atomic E-state index is -0.741. The third-order valence-electron chi connectivity index (χ3n) is 3.71. The lowest BCUT2D eigenvalue weighted by Crippen LogP contribution is -2.45. The van der Waals surface area contributed by atoms with E-state index >= 15 is 0 Å². The second-order valence-electron chi connectivity index (χ2n) is 5.32. The normalized spacial score (nSPS) is 17.3. The number of carbonyl (C=O) groups is 1. The first kappa shape index (κ1) is 14.7. The van der Waals surface area contributed by atoms with E-state index in [9.17, 15) is 9.90 Å². The summed E-state index contributed by atoms with van der Waals surface area (Å²) in [6.45, 7) is 0.301. The summed E-state index contributed by atoms with van der Waals surface area (Å²) in [6.07, 6.45) is 4.74. The number of amides is 2. The van der Waals surface area contributed by atoms with Crippen LogP contribution in [0.1, 0.15) is 32.1 Å². The number of methoxy groups -OCH3 is 1. The van der Waals surface area contributed by atoms with Gasteiger partial charge in [-0.2, -0.15) is 0 Å². The van der Waals surface area contributed by atoms with Crippen LogP contribution >= 0.6 is 0 Å². The molecule has 0 saturated heterocycles. The van der Waals surface area contributed by atoms with Crippen LogP contribution in [0.4, 0.5) is 10.5 Å². The summed E-state index contributed by atoms with van der Waals surface area (Å²) in [7, 11) is 1.60. The molecular formula is C15H22N2O3. The number of carbonyl (C=O) groups excluding carboxylic acids is 1. The number of nitrogens with one attached hydrogen (secondary N) is 2. The summed E-state index contributed by atoms with van der Waals surface area (Å²) < 4.78 is 5.05. The van der Waals surface area contributed by atoms with Crippen LogP contribution in [0.2, 0.25) is 0 Å². The summed E-state index contributed by atoms with van der Waals surface area (Å²) in [5.41, 5.74) is -0.0471. The first-order valence-electron chi connectivity index (χ1n) is 7.03. The predicted octanol–water partition coefficient (Wildman–Crippen LogP) is 2.51. The predicted molar refractivity (Wildman–Crippen MR) is 78.1 cm³/mol. The molecule has 3 N–H and O–H groups in total. The standard InChI is InChI=1S/C15H22N2O3/c1-20-13-7-5-12(6-8-13)17-14(18)16-11-15(19)9-3-2-4-10-15/h5-8,19H,2-4,9-11H2,1H3,(H2,16,17,18). The molecule has 0 atom stereocenters. The molecule has 0 spiro atoms. The zero-order chi connectivity index (χ0) is 14.4. The smallest absolute Gasteiger partial charge is 0.319 e. The Morgan fingerprint density at radius 3 is 2.50 bits per heavy atom. The molecule has 0 aromatic heterocycles. The van der Waals surface area contributed by atoms with Crippen LogP contribution in [0.15, 0.2) is 24.3 Å². The molecule has 0 aliphatic heterocycles. The van der Waals surface area contributed by atoms with E-state index in [4.69, 9.17) is 4.74 Å². The molecule has 0 radical (unpaired) electrons. The third kappa shape index (κ3) is 4.13. The highest BCUT2D eigenvalue weighted by Crippen LogP contribution is 2.27. The highest BCUT2D eigenvalue weighted by atomic mass is 16.5. The van der Waals surface area contributed by atoms with E-state index in [0.29, 0.717) is 12.2 Å². The molecule has 0 heterocycles. The fraction of sp³-hybridized carbons (Fsp3) is 0.533. The van der Waals surface area contributed by atoms with Crippen LogP contribution in [-0.2, 0) is 0 Å². The van der Waals surface area contributed by atoms with Gasteiger partial charge in [-0.25, -0.2) is 4.79 Å². The summed E-state index contributed by atoms with van der Waals surface area (Å²) in [4.78, 5) is 11.8. The minimum Gasteiger partial charge on any atom is -0.497 e. The Balaban J connectivity index is 1.79. The summed E-state index contributed by atoms with van der Waals surface area (Å²) in [5, 5.41) is 15.8. The van der Waals surface area contributed by atoms with Crippen LogP contribution in [0.3, 0.4) is 0 Å². The lowest BCUT2D eigenvalue weighted by atomic mass is 9.85. The lowest BCUT2D eigenvalue weighted by Gasteiger charge is -2.32. The number of anilines is 1. The van der Waals surface area contributed by atoms with Crippen molar-refractivity contribution in [1.29, 1.82) is 0 Å². The van der Waals surface area contributed by atoms with E-state index in [-0.39, 0.29) is 6.03 Å². The number of hydrogen-bond acceptors (Lipinski definition) is 3. The van der Waals surface area contributed by atoms with Gasteiger partial charge in [0, 0.05) is 12.2 Å². The molecule has 1 aliphatic carbocycles. The second kappa shape index (κ2) is 6.61. The van der Waals surface area contributed by atoms with E-state index < -0.39 is 5.60 Å². The van der Waals surface area contributed by atoms with Crippen molar-refractivity contribution in [2.75, 3.05) is 19.0 Å². The Morgan fingerprint density at radius 2 is 1.90 bits per heavy atom. The molecule has 1 saturated carbocycles. The molecule has 0 bridgehead atoms. The van der Waals surface area contributed by atoms with Crippen LogP contribution in [0.25, 0.3) is 0 Å². The van der Waals surface area contributed by atoms with Crippen LogP contribution in [0.5, 0.6) is 5.75 Å². The summed E-state index contributed by atoms with van der Waals surface area (Å²) in [6, 6.07) is 6.81. The molecule has 20 heavy (non-hydrogen) atoms. The number of rotatable bonds is 4. The van der Waals surface area contributed by atoms with E-state index in [1.54, 1.807) is 31.4 Å². The SMILES string of the molecule is COc1ccc(NC(=O)NCC2(O)CCCCC2)cc1. The second-order valence-corrected chi connectivity index (χ2v) is 5.32. The van der Waals surface area contributed by atoms with Gasteiger partial charge in [0.15, 0.2) is 0 Å². The maximum absolute atomic E-state index is 11.8. The molecule has 1 aromatic rings. The number of ether oxygens (including phenoxy) is 1. The number of aliphatic hydroxyl groups is 1. The summed E-state index contributed by atoms with van der Waals surface area (Å²) >= 11 is 0. The highest BCUT2D eigenvalue weighted by Gasteiger charge is 2.29. The number of urea groups is 1. The molecule has 1 fully saturated rings. The zero-order valence-corrected chi connectivity index (χ0v) is 11.8. The van der Waals surface area contributed by atoms with Crippen LogP contribution < -0.4 is 15.4 Å². The highest BCUT2D eigenvalue weighted by molar-refractivity contribution is 5.89. The summed E-state index contributed by atoms with van der Waals surface area (Å²) in [5.74, 6) is 0.743. The third-order valence-corrected chi connectivity index (χ3v) is 3.71. The van der Waals surface area contributed by atoms with Gasteiger partial charge in [-0.15, -0.1) is 0 Å². The van der Waals surface area contributed by atoms with Crippen molar-refractivity contribution < 1.29 is 14.6 Å². The van der Waals surface area contributed by atoms with Gasteiger partial charge in [-0.05, 0) is 37.1 Å². The van der Waals surface area contributed by atoms with Gasteiger partial charge in [0.25, 0.3) is 0 Å². The molecule has 1 aliphatic rings. The van der Waals surface area contributed by atoms with Gasteiger partial charge < -0.3 is 20.5 Å². The molecular weight excluding hydrogens is 256 g/mol. The largest absolute Gasteiger partial charge is 0.497 e. The first-order chi connectivity index (χ1) is 9.61. The average Bonchev–Trinajstić information content (AvgIpc) is 2.47. The lowest BCUT2D eigenvalue weighted by molar-refractivity contribution is 0.00755. The average molecular weight is 278 g/mol. The van der Waals surface area contributed by atoms with Crippen LogP contribution in [-0.4, -0.2) is 30.4 Å². The minimum absolute atomic E-state index is 0.297. The molecule has 2 amide bonds. The van der Waals surface area contributed by atoms with Gasteiger partial charge in [-0.1, -0.05) is 19.3 Å². The number of benzene rings is 1. The topological polar surface area (TPSA) is 70.6 Å². The molecule has 0 unspecified atom stereocenters. The van der Waals surface area contributed by atoms with Crippen molar-refractivity contribution in [3.8, 4) is 5.75 Å². The molecule has 2 rings (SSSR count). The Labute approximate surface area is 119 Å². The van der Waals surface area contributed by atoms with Crippen molar-refractivity contribution in [1.82, 2.24) is 5.32 Å². The van der Waals surface area contributed by atoms with Crippen molar-refractivity contribution >= 4 is 11.7 Å². The Kier molecular flexibility index (Phi) is 4.84. The Morgan fingerprint density at radius 1 is 1.25 bits per heavy atom. The maximum atomic E-state index is 11.8. The van der Waals surface area contributed by atoms with Gasteiger partial charge in [0.1, 0.15) is 5.75 Å². The molecule has 1 aromatic carbocycles. The van der Waals surface area contributed by atoms with E-state index in [1.165, 1.54) is 6.42 Å². The fourth-order valence-electron chi connectivity index (χ4n) is 2.48. The number of hydrogen-bond donors (Lipinski definition) is 3. The van der Waals surface area contributed by atoms with Gasteiger partial charge >= 0.3 is 6.03 Å². The molecule has 5 heteroatoms.